The van der Waals surface area contributed by atoms with Gasteiger partial charge in [-0.15, -0.1) is 0 Å². The number of carbonyl (C=O) groups excluding carboxylic acids is 1. The minimum atomic E-state index is -0.815. The number of piperazine rings is 1. The summed E-state index contributed by atoms with van der Waals surface area (Å²) in [6.45, 7) is 7.64. The van der Waals surface area contributed by atoms with Crippen molar-refractivity contribution in [3.63, 3.8) is 0 Å². The van der Waals surface area contributed by atoms with Gasteiger partial charge in [0.25, 0.3) is 0 Å². The molecule has 104 valence electrons. The maximum Gasteiger partial charge on any atom is 0.409 e. The number of nitrogens with one attached hydrogen (secondary N) is 2. The second kappa shape index (κ2) is 5.42. The van der Waals surface area contributed by atoms with Crippen LogP contribution in [0.4, 0.5) is 4.79 Å². The average Bonchev–Trinajstić information content (AvgIpc) is 2.33. The van der Waals surface area contributed by atoms with Crippen LogP contribution in [0.1, 0.15) is 13.8 Å². The highest BCUT2D eigenvalue weighted by Gasteiger charge is 2.50. The minimum absolute atomic E-state index is 0.0143. The predicted octanol–water partition coefficient (Wildman–Crippen LogP) is -0.613. The van der Waals surface area contributed by atoms with Gasteiger partial charge >= 0.3 is 6.09 Å². The monoisotopic (exact) mass is 257 g/mol. The largest absolute Gasteiger partial charge is 0.449 e. The fourth-order valence-corrected chi connectivity index (χ4v) is 2.33. The van der Waals surface area contributed by atoms with Crippen LogP contribution in [0.15, 0.2) is 0 Å². The van der Waals surface area contributed by atoms with Gasteiger partial charge in [-0.3, -0.25) is 0 Å². The third-order valence-corrected chi connectivity index (χ3v) is 3.42. The van der Waals surface area contributed by atoms with E-state index in [2.05, 4.69) is 10.6 Å². The summed E-state index contributed by atoms with van der Waals surface area (Å²) < 4.78 is 5.13. The second-order valence-corrected chi connectivity index (χ2v) is 5.64. The standard InChI is InChI=1S/C12H23N3O3/c1-9(2)6-18-11(16)15-7-12(17,8-15)10-5-13-3-4-14-10/h9-10,13-14,17H,3-8H2,1-2H3. The zero-order valence-electron chi connectivity index (χ0n) is 11.1. The van der Waals surface area contributed by atoms with Gasteiger partial charge in [-0.05, 0) is 5.92 Å². The van der Waals surface area contributed by atoms with Crippen molar-refractivity contribution < 1.29 is 14.6 Å². The highest BCUT2D eigenvalue weighted by Crippen LogP contribution is 2.25. The lowest BCUT2D eigenvalue weighted by molar-refractivity contribution is -0.113. The Kier molecular flexibility index (Phi) is 4.09. The molecule has 2 heterocycles. The molecule has 1 atom stereocenters. The van der Waals surface area contributed by atoms with Crippen molar-refractivity contribution in [2.24, 2.45) is 5.92 Å². The van der Waals surface area contributed by atoms with E-state index in [-0.39, 0.29) is 12.1 Å². The van der Waals surface area contributed by atoms with Crippen LogP contribution in [0, 0.1) is 5.92 Å². The van der Waals surface area contributed by atoms with E-state index in [1.807, 2.05) is 13.8 Å². The molecule has 6 nitrogen and oxygen atoms in total. The molecule has 0 bridgehead atoms. The summed E-state index contributed by atoms with van der Waals surface area (Å²) in [7, 11) is 0. The molecule has 2 aliphatic heterocycles. The number of β-amino-alcohol motifs (C(OH)–C–C–N with tert-alkyl or cyclic N) is 1. The zero-order valence-corrected chi connectivity index (χ0v) is 11.1. The summed E-state index contributed by atoms with van der Waals surface area (Å²) in [6, 6.07) is 0.0143. The van der Waals surface area contributed by atoms with Crippen molar-refractivity contribution in [3.05, 3.63) is 0 Å². The lowest BCUT2D eigenvalue weighted by atomic mass is 9.85. The molecule has 3 N–H and O–H groups in total. The Balaban J connectivity index is 1.76. The number of aliphatic hydroxyl groups is 1. The van der Waals surface area contributed by atoms with Crippen molar-refractivity contribution in [3.8, 4) is 0 Å². The third-order valence-electron chi connectivity index (χ3n) is 3.42. The Labute approximate surface area is 108 Å². The molecule has 0 aromatic carbocycles. The lowest BCUT2D eigenvalue weighted by Crippen LogP contribution is -2.74. The van der Waals surface area contributed by atoms with E-state index < -0.39 is 5.60 Å². The van der Waals surface area contributed by atoms with Crippen LogP contribution in [-0.4, -0.2) is 67.1 Å². The van der Waals surface area contributed by atoms with Crippen LogP contribution < -0.4 is 10.6 Å². The van der Waals surface area contributed by atoms with Crippen LogP contribution in [0.2, 0.25) is 0 Å². The van der Waals surface area contributed by atoms with Crippen molar-refractivity contribution in [1.82, 2.24) is 15.5 Å². The number of carbonyl (C=O) groups is 1. The fraction of sp³-hybridized carbons (Fsp3) is 0.917. The highest BCUT2D eigenvalue weighted by atomic mass is 16.6. The van der Waals surface area contributed by atoms with Gasteiger partial charge in [0.2, 0.25) is 0 Å². The van der Waals surface area contributed by atoms with Crippen molar-refractivity contribution in [1.29, 1.82) is 0 Å². The molecule has 2 rings (SSSR count). The van der Waals surface area contributed by atoms with Gasteiger partial charge in [-0.2, -0.15) is 0 Å². The molecular weight excluding hydrogens is 234 g/mol. The summed E-state index contributed by atoms with van der Waals surface area (Å²) in [6.07, 6.45) is -0.322. The molecular formula is C12H23N3O3. The number of amides is 1. The predicted molar refractivity (Wildman–Crippen MR) is 67.4 cm³/mol. The topological polar surface area (TPSA) is 73.8 Å². The molecule has 2 saturated heterocycles. The first-order valence-corrected chi connectivity index (χ1v) is 6.59. The number of ether oxygens (including phenoxy) is 1. The number of hydrogen-bond acceptors (Lipinski definition) is 5. The quantitative estimate of drug-likeness (QED) is 0.629. The Morgan fingerprint density at radius 3 is 2.78 bits per heavy atom. The molecule has 1 unspecified atom stereocenters. The van der Waals surface area contributed by atoms with E-state index in [1.54, 1.807) is 4.90 Å². The molecule has 2 aliphatic rings. The van der Waals surface area contributed by atoms with Crippen LogP contribution in [-0.2, 0) is 4.74 Å². The van der Waals surface area contributed by atoms with E-state index in [9.17, 15) is 9.90 Å². The maximum atomic E-state index is 11.7. The van der Waals surface area contributed by atoms with Crippen molar-refractivity contribution in [2.45, 2.75) is 25.5 Å². The van der Waals surface area contributed by atoms with E-state index in [1.165, 1.54) is 0 Å². The van der Waals surface area contributed by atoms with Gasteiger partial charge in [0.05, 0.1) is 25.7 Å². The molecule has 6 heteroatoms. The zero-order chi connectivity index (χ0) is 13.2. The Bertz CT molecular complexity index is 297. The lowest BCUT2D eigenvalue weighted by Gasteiger charge is -2.51. The Hall–Kier alpha value is -0.850. The van der Waals surface area contributed by atoms with Crippen molar-refractivity contribution in [2.75, 3.05) is 39.3 Å². The smallest absolute Gasteiger partial charge is 0.409 e. The molecule has 0 radical (unpaired) electrons. The normalized spacial score (nSPS) is 26.9. The minimum Gasteiger partial charge on any atom is -0.449 e. The molecule has 0 saturated carbocycles. The third kappa shape index (κ3) is 2.93. The number of rotatable bonds is 3. The fourth-order valence-electron chi connectivity index (χ4n) is 2.33. The first-order valence-electron chi connectivity index (χ1n) is 6.59. The van der Waals surface area contributed by atoms with Crippen LogP contribution in [0.3, 0.4) is 0 Å². The molecule has 0 aromatic heterocycles. The van der Waals surface area contributed by atoms with Gasteiger partial charge in [0.1, 0.15) is 5.60 Å². The van der Waals surface area contributed by atoms with E-state index in [0.717, 1.165) is 19.6 Å². The van der Waals surface area contributed by atoms with E-state index >= 15 is 0 Å². The highest BCUT2D eigenvalue weighted by molar-refractivity contribution is 5.69. The molecule has 2 fully saturated rings. The molecule has 18 heavy (non-hydrogen) atoms. The summed E-state index contributed by atoms with van der Waals surface area (Å²) in [5, 5.41) is 16.9. The SMILES string of the molecule is CC(C)COC(=O)N1CC(O)(C2CNCCN2)C1. The van der Waals surface area contributed by atoms with Gasteiger partial charge in [0, 0.05) is 19.6 Å². The first kappa shape index (κ1) is 13.6. The Morgan fingerprint density at radius 1 is 1.50 bits per heavy atom. The number of hydrogen-bond donors (Lipinski definition) is 3. The van der Waals surface area contributed by atoms with Crippen LogP contribution >= 0.6 is 0 Å². The number of nitrogens with zero attached hydrogens (tertiary/aromatic N) is 1. The Morgan fingerprint density at radius 2 is 2.22 bits per heavy atom. The van der Waals surface area contributed by atoms with Gasteiger partial charge in [-0.25, -0.2) is 4.79 Å². The van der Waals surface area contributed by atoms with Gasteiger partial charge in [-0.1, -0.05) is 13.8 Å². The van der Waals surface area contributed by atoms with Crippen LogP contribution in [0.5, 0.6) is 0 Å². The van der Waals surface area contributed by atoms with Gasteiger partial charge < -0.3 is 25.4 Å². The molecule has 1 amide bonds. The summed E-state index contributed by atoms with van der Waals surface area (Å²) in [4.78, 5) is 13.2. The van der Waals surface area contributed by atoms with Crippen molar-refractivity contribution >= 4 is 6.09 Å². The summed E-state index contributed by atoms with van der Waals surface area (Å²) >= 11 is 0. The van der Waals surface area contributed by atoms with Crippen LogP contribution in [0.25, 0.3) is 0 Å². The molecule has 0 aliphatic carbocycles. The molecule has 0 spiro atoms. The van der Waals surface area contributed by atoms with E-state index in [4.69, 9.17) is 4.74 Å². The second-order valence-electron chi connectivity index (χ2n) is 5.64. The van der Waals surface area contributed by atoms with Gasteiger partial charge in [0.15, 0.2) is 0 Å². The average molecular weight is 257 g/mol. The maximum absolute atomic E-state index is 11.7. The van der Waals surface area contributed by atoms with E-state index in [0.29, 0.717) is 25.6 Å². The summed E-state index contributed by atoms with van der Waals surface area (Å²) in [5.41, 5.74) is -0.815. The summed E-state index contributed by atoms with van der Waals surface area (Å²) in [5.74, 6) is 0.332. The number of likely N-dealkylation sites (tertiary alicyclic amines) is 1. The first-order chi connectivity index (χ1) is 8.51. The molecule has 0 aromatic rings.